The zero-order valence-electron chi connectivity index (χ0n) is 7.27. The van der Waals surface area contributed by atoms with E-state index in [9.17, 15) is 4.79 Å². The van der Waals surface area contributed by atoms with Gasteiger partial charge in [-0.3, -0.25) is 4.79 Å². The van der Waals surface area contributed by atoms with Crippen molar-refractivity contribution in [1.29, 1.82) is 0 Å². The second-order valence-corrected chi connectivity index (χ2v) is 4.76. The van der Waals surface area contributed by atoms with E-state index in [1.54, 1.807) is 0 Å². The van der Waals surface area contributed by atoms with Crippen LogP contribution in [0.15, 0.2) is 22.2 Å². The molecule has 0 aliphatic heterocycles. The summed E-state index contributed by atoms with van der Waals surface area (Å²) in [6.07, 6.45) is 3.07. The van der Waals surface area contributed by atoms with Crippen molar-refractivity contribution in [2.75, 3.05) is 0 Å². The Labute approximate surface area is 92.3 Å². The van der Waals surface area contributed by atoms with E-state index in [1.807, 2.05) is 13.8 Å². The Morgan fingerprint density at radius 3 is 1.92 bits per heavy atom. The first-order valence-corrected chi connectivity index (χ1v) is 5.00. The highest BCUT2D eigenvalue weighted by molar-refractivity contribution is 6.56. The summed E-state index contributed by atoms with van der Waals surface area (Å²) in [6.45, 7) is 3.87. The van der Waals surface area contributed by atoms with Gasteiger partial charge in [-0.25, -0.2) is 0 Å². The van der Waals surface area contributed by atoms with E-state index in [0.29, 0.717) is 0 Å². The fourth-order valence-electron chi connectivity index (χ4n) is 1.01. The van der Waals surface area contributed by atoms with Gasteiger partial charge in [-0.05, 0) is 18.1 Å². The van der Waals surface area contributed by atoms with Crippen LogP contribution in [0.1, 0.15) is 13.8 Å². The first-order chi connectivity index (χ1) is 5.87. The fourth-order valence-corrected chi connectivity index (χ4v) is 1.95. The number of alkyl halides is 1. The van der Waals surface area contributed by atoms with Crippen molar-refractivity contribution < 1.29 is 4.79 Å². The SMILES string of the molecule is CC(C)C1(Cl)C=C(Cl)C(=O)C(Cl)=C1. The third-order valence-electron chi connectivity index (χ3n) is 2.01. The van der Waals surface area contributed by atoms with Crippen LogP contribution in [0.3, 0.4) is 0 Å². The molecule has 0 aromatic carbocycles. The number of allylic oxidation sites excluding steroid dienone is 4. The van der Waals surface area contributed by atoms with Gasteiger partial charge in [0.2, 0.25) is 5.78 Å². The lowest BCUT2D eigenvalue weighted by Crippen LogP contribution is -2.28. The second kappa shape index (κ2) is 3.64. The van der Waals surface area contributed by atoms with Crippen molar-refractivity contribution in [3.8, 4) is 0 Å². The molecule has 0 atom stereocenters. The van der Waals surface area contributed by atoms with Crippen molar-refractivity contribution in [3.05, 3.63) is 22.2 Å². The Morgan fingerprint density at radius 2 is 1.62 bits per heavy atom. The Hall–Kier alpha value is 0.0200. The molecule has 0 radical (unpaired) electrons. The third kappa shape index (κ3) is 2.09. The number of carbonyl (C=O) groups excluding carboxylic acids is 1. The standard InChI is InChI=1S/C9H9Cl3O/c1-5(2)9(12)3-6(10)8(13)7(11)4-9/h3-5H,1-2H3. The molecule has 0 aromatic rings. The van der Waals surface area contributed by atoms with Gasteiger partial charge in [-0.2, -0.15) is 0 Å². The predicted molar refractivity (Wildman–Crippen MR) is 56.3 cm³/mol. The van der Waals surface area contributed by atoms with Gasteiger partial charge < -0.3 is 0 Å². The summed E-state index contributed by atoms with van der Waals surface area (Å²) in [5.74, 6) is -0.231. The number of hydrogen-bond acceptors (Lipinski definition) is 1. The van der Waals surface area contributed by atoms with Crippen LogP contribution in [0.5, 0.6) is 0 Å². The first kappa shape index (κ1) is 11.1. The summed E-state index contributed by atoms with van der Waals surface area (Å²) < 4.78 is 0. The molecule has 13 heavy (non-hydrogen) atoms. The number of ketones is 1. The highest BCUT2D eigenvalue weighted by atomic mass is 35.5. The molecule has 72 valence electrons. The minimum Gasteiger partial charge on any atom is -0.287 e. The molecule has 0 bridgehead atoms. The zero-order valence-corrected chi connectivity index (χ0v) is 9.54. The minimum absolute atomic E-state index is 0.0937. The maximum Gasteiger partial charge on any atom is 0.215 e. The van der Waals surface area contributed by atoms with Crippen LogP contribution in [0.25, 0.3) is 0 Å². The van der Waals surface area contributed by atoms with Gasteiger partial charge >= 0.3 is 0 Å². The van der Waals surface area contributed by atoms with Crippen LogP contribution in [0, 0.1) is 5.92 Å². The Balaban J connectivity index is 3.12. The van der Waals surface area contributed by atoms with E-state index in [0.717, 1.165) is 0 Å². The normalized spacial score (nSPS) is 21.5. The van der Waals surface area contributed by atoms with Gasteiger partial charge in [0, 0.05) is 0 Å². The predicted octanol–water partition coefficient (Wildman–Crippen LogP) is 3.45. The summed E-state index contributed by atoms with van der Waals surface area (Å²) in [7, 11) is 0. The molecular formula is C9H9Cl3O. The Bertz CT molecular complexity index is 280. The van der Waals surface area contributed by atoms with E-state index in [2.05, 4.69) is 0 Å². The van der Waals surface area contributed by atoms with Gasteiger partial charge in [0.15, 0.2) is 0 Å². The lowest BCUT2D eigenvalue weighted by atomic mass is 9.90. The number of halogens is 3. The van der Waals surface area contributed by atoms with E-state index in [4.69, 9.17) is 34.8 Å². The van der Waals surface area contributed by atoms with E-state index in [-0.39, 0.29) is 21.8 Å². The van der Waals surface area contributed by atoms with Gasteiger partial charge in [-0.15, -0.1) is 11.6 Å². The molecular weight excluding hydrogens is 230 g/mol. The summed E-state index contributed by atoms with van der Waals surface area (Å²) in [5.41, 5.74) is 0. The molecule has 0 heterocycles. The van der Waals surface area contributed by atoms with Crippen molar-refractivity contribution >= 4 is 40.6 Å². The largest absolute Gasteiger partial charge is 0.287 e. The molecule has 1 aliphatic rings. The van der Waals surface area contributed by atoms with E-state index >= 15 is 0 Å². The van der Waals surface area contributed by atoms with Crippen LogP contribution in [-0.4, -0.2) is 10.7 Å². The average Bonchev–Trinajstić information content (AvgIpc) is 2.00. The molecule has 4 heteroatoms. The molecule has 0 saturated carbocycles. The maximum absolute atomic E-state index is 11.2. The van der Waals surface area contributed by atoms with Gasteiger partial charge in [0.05, 0.1) is 14.9 Å². The van der Waals surface area contributed by atoms with Crippen LogP contribution in [0.2, 0.25) is 0 Å². The van der Waals surface area contributed by atoms with Crippen LogP contribution < -0.4 is 0 Å². The number of carbonyl (C=O) groups is 1. The van der Waals surface area contributed by atoms with Crippen LogP contribution >= 0.6 is 34.8 Å². The second-order valence-electron chi connectivity index (χ2n) is 3.30. The van der Waals surface area contributed by atoms with Gasteiger partial charge in [-0.1, -0.05) is 37.0 Å². The highest BCUT2D eigenvalue weighted by Crippen LogP contribution is 2.37. The smallest absolute Gasteiger partial charge is 0.215 e. The maximum atomic E-state index is 11.2. The minimum atomic E-state index is -0.734. The average molecular weight is 240 g/mol. The quantitative estimate of drug-likeness (QED) is 0.641. The summed E-state index contributed by atoms with van der Waals surface area (Å²) in [6, 6.07) is 0. The summed E-state index contributed by atoms with van der Waals surface area (Å²) in [5, 5.41) is 0.187. The van der Waals surface area contributed by atoms with Gasteiger partial charge in [0.1, 0.15) is 0 Å². The fraction of sp³-hybridized carbons (Fsp3) is 0.444. The van der Waals surface area contributed by atoms with E-state index < -0.39 is 4.87 Å². The van der Waals surface area contributed by atoms with E-state index in [1.165, 1.54) is 12.2 Å². The van der Waals surface area contributed by atoms with Crippen LogP contribution in [-0.2, 0) is 4.79 Å². The van der Waals surface area contributed by atoms with Crippen LogP contribution in [0.4, 0.5) is 0 Å². The monoisotopic (exact) mass is 238 g/mol. The Morgan fingerprint density at radius 1 is 1.23 bits per heavy atom. The molecule has 0 unspecified atom stereocenters. The van der Waals surface area contributed by atoms with Crippen molar-refractivity contribution in [2.45, 2.75) is 18.7 Å². The van der Waals surface area contributed by atoms with Crippen molar-refractivity contribution in [3.63, 3.8) is 0 Å². The molecule has 0 N–H and O–H groups in total. The summed E-state index contributed by atoms with van der Waals surface area (Å²) >= 11 is 17.6. The molecule has 0 amide bonds. The molecule has 0 aromatic heterocycles. The topological polar surface area (TPSA) is 17.1 Å². The third-order valence-corrected chi connectivity index (χ3v) is 3.23. The lowest BCUT2D eigenvalue weighted by molar-refractivity contribution is -0.111. The molecule has 1 rings (SSSR count). The number of Topliss-reactive ketones (excluding diaryl/α,β-unsaturated/α-hetero) is 1. The Kier molecular flexibility index (Phi) is 3.11. The highest BCUT2D eigenvalue weighted by Gasteiger charge is 2.33. The molecule has 0 spiro atoms. The zero-order chi connectivity index (χ0) is 10.2. The van der Waals surface area contributed by atoms with Crippen molar-refractivity contribution in [1.82, 2.24) is 0 Å². The number of hydrogen-bond donors (Lipinski definition) is 0. The molecule has 0 fully saturated rings. The lowest BCUT2D eigenvalue weighted by Gasteiger charge is -2.27. The molecule has 0 saturated heterocycles. The number of rotatable bonds is 1. The molecule has 1 nitrogen and oxygen atoms in total. The van der Waals surface area contributed by atoms with Crippen molar-refractivity contribution in [2.24, 2.45) is 5.92 Å². The first-order valence-electron chi connectivity index (χ1n) is 3.87. The summed E-state index contributed by atoms with van der Waals surface area (Å²) in [4.78, 5) is 10.4. The molecule has 1 aliphatic carbocycles. The van der Waals surface area contributed by atoms with Gasteiger partial charge in [0.25, 0.3) is 0 Å².